The Kier molecular flexibility index (Phi) is 4.85. The summed E-state index contributed by atoms with van der Waals surface area (Å²) in [7, 11) is 0. The second-order valence-electron chi connectivity index (χ2n) is 7.58. The van der Waals surface area contributed by atoms with Crippen LogP contribution in [0.2, 0.25) is 0 Å². The average Bonchev–Trinajstić information content (AvgIpc) is 2.96. The second-order valence-corrected chi connectivity index (χ2v) is 7.58. The van der Waals surface area contributed by atoms with Crippen molar-refractivity contribution in [3.63, 3.8) is 0 Å². The van der Waals surface area contributed by atoms with E-state index in [0.717, 1.165) is 56.5 Å². The molecule has 2 aromatic rings. The number of nitrogens with zero attached hydrogens (tertiary/aromatic N) is 3. The Morgan fingerprint density at radius 3 is 2.63 bits per heavy atom. The molecule has 1 saturated carbocycles. The fourth-order valence-corrected chi connectivity index (χ4v) is 4.14. The molecule has 0 bridgehead atoms. The molecule has 144 valence electrons. The van der Waals surface area contributed by atoms with Gasteiger partial charge in [0.15, 0.2) is 0 Å². The van der Waals surface area contributed by atoms with Crippen LogP contribution in [0.3, 0.4) is 0 Å². The minimum Gasteiger partial charge on any atom is -0.355 e. The average molecular weight is 372 g/mol. The van der Waals surface area contributed by atoms with E-state index >= 15 is 0 Å². The van der Waals surface area contributed by atoms with Gasteiger partial charge >= 0.3 is 5.69 Å². The maximum absolute atomic E-state index is 13.2. The van der Waals surface area contributed by atoms with Crippen LogP contribution in [0, 0.1) is 5.82 Å². The number of nitrogens with one attached hydrogen (secondary N) is 1. The van der Waals surface area contributed by atoms with Gasteiger partial charge in [-0.15, -0.1) is 0 Å². The maximum Gasteiger partial charge on any atom is 0.345 e. The fourth-order valence-electron chi connectivity index (χ4n) is 4.14. The lowest BCUT2D eigenvalue weighted by Gasteiger charge is -2.40. The molecule has 0 radical (unpaired) electrons. The van der Waals surface area contributed by atoms with Gasteiger partial charge in [-0.3, -0.25) is 9.36 Å². The third kappa shape index (κ3) is 3.31. The highest BCUT2D eigenvalue weighted by Gasteiger charge is 2.45. The monoisotopic (exact) mass is 372 g/mol. The topological polar surface area (TPSA) is 68.9 Å². The summed E-state index contributed by atoms with van der Waals surface area (Å²) in [6, 6.07) is 6.25. The zero-order valence-electron chi connectivity index (χ0n) is 15.4. The first-order valence-electron chi connectivity index (χ1n) is 9.81. The van der Waals surface area contributed by atoms with Gasteiger partial charge in [0.05, 0.1) is 5.41 Å². The number of rotatable bonds is 6. The van der Waals surface area contributed by atoms with E-state index in [1.807, 2.05) is 0 Å². The van der Waals surface area contributed by atoms with Gasteiger partial charge in [-0.25, -0.2) is 13.9 Å². The summed E-state index contributed by atoms with van der Waals surface area (Å²) in [6.45, 7) is 1.75. The van der Waals surface area contributed by atoms with Crippen molar-refractivity contribution in [2.24, 2.45) is 0 Å². The predicted molar refractivity (Wildman–Crippen MR) is 99.0 cm³/mol. The molecule has 1 fully saturated rings. The molecule has 1 amide bonds. The number of carbonyl (C=O) groups is 1. The van der Waals surface area contributed by atoms with E-state index < -0.39 is 5.41 Å². The molecule has 1 aromatic heterocycles. The molecule has 1 N–H and O–H groups in total. The Bertz CT molecular complexity index is 880. The van der Waals surface area contributed by atoms with Gasteiger partial charge < -0.3 is 5.32 Å². The summed E-state index contributed by atoms with van der Waals surface area (Å²) in [5, 5.41) is 7.43. The van der Waals surface area contributed by atoms with Crippen molar-refractivity contribution >= 4 is 5.91 Å². The summed E-state index contributed by atoms with van der Waals surface area (Å²) in [5.74, 6) is 0.582. The van der Waals surface area contributed by atoms with E-state index in [9.17, 15) is 14.0 Å². The summed E-state index contributed by atoms with van der Waals surface area (Å²) < 4.78 is 16.5. The van der Waals surface area contributed by atoms with Crippen LogP contribution in [-0.2, 0) is 29.7 Å². The minimum absolute atomic E-state index is 0.00293. The van der Waals surface area contributed by atoms with Gasteiger partial charge in [0.2, 0.25) is 5.91 Å². The lowest BCUT2D eigenvalue weighted by atomic mass is 9.64. The van der Waals surface area contributed by atoms with Crippen LogP contribution in [0.25, 0.3) is 0 Å². The number of amides is 1. The largest absolute Gasteiger partial charge is 0.355 e. The van der Waals surface area contributed by atoms with Crippen molar-refractivity contribution in [1.82, 2.24) is 19.7 Å². The number of hydrogen-bond acceptors (Lipinski definition) is 3. The molecule has 1 aromatic carbocycles. The van der Waals surface area contributed by atoms with Crippen LogP contribution in [0.15, 0.2) is 29.1 Å². The van der Waals surface area contributed by atoms with Gasteiger partial charge in [-0.05, 0) is 49.8 Å². The van der Waals surface area contributed by atoms with Crippen molar-refractivity contribution in [2.75, 3.05) is 6.54 Å². The fraction of sp³-hybridized carbons (Fsp3) is 0.550. The van der Waals surface area contributed by atoms with E-state index in [1.54, 1.807) is 16.7 Å². The Morgan fingerprint density at radius 2 is 1.96 bits per heavy atom. The first-order valence-corrected chi connectivity index (χ1v) is 9.81. The zero-order chi connectivity index (χ0) is 18.9. The molecule has 1 aliphatic carbocycles. The number of benzene rings is 1. The maximum atomic E-state index is 13.2. The quantitative estimate of drug-likeness (QED) is 0.790. The molecule has 27 heavy (non-hydrogen) atoms. The zero-order valence-corrected chi connectivity index (χ0v) is 15.4. The molecule has 6 nitrogen and oxygen atoms in total. The van der Waals surface area contributed by atoms with Crippen LogP contribution < -0.4 is 11.0 Å². The number of hydrogen-bond donors (Lipinski definition) is 1. The molecule has 0 atom stereocenters. The van der Waals surface area contributed by atoms with Crippen molar-refractivity contribution < 1.29 is 9.18 Å². The number of halogens is 1. The Morgan fingerprint density at radius 1 is 1.19 bits per heavy atom. The summed E-state index contributed by atoms with van der Waals surface area (Å²) >= 11 is 0. The van der Waals surface area contributed by atoms with E-state index in [2.05, 4.69) is 10.4 Å². The normalized spacial score (nSPS) is 17.8. The van der Waals surface area contributed by atoms with E-state index in [4.69, 9.17) is 0 Å². The summed E-state index contributed by atoms with van der Waals surface area (Å²) in [6.07, 6.45) is 6.20. The number of fused-ring (bicyclic) bond motifs is 1. The molecule has 1 aliphatic heterocycles. The summed E-state index contributed by atoms with van der Waals surface area (Å²) in [5.41, 5.74) is 0.307. The minimum atomic E-state index is -0.530. The summed E-state index contributed by atoms with van der Waals surface area (Å²) in [4.78, 5) is 25.1. The highest BCUT2D eigenvalue weighted by molar-refractivity contribution is 5.89. The Labute approximate surface area is 157 Å². The first kappa shape index (κ1) is 17.9. The molecule has 0 spiro atoms. The molecule has 2 heterocycles. The highest BCUT2D eigenvalue weighted by atomic mass is 19.1. The van der Waals surface area contributed by atoms with Crippen LogP contribution in [0.4, 0.5) is 4.39 Å². The Hall–Kier alpha value is -2.44. The van der Waals surface area contributed by atoms with Crippen molar-refractivity contribution in [3.8, 4) is 0 Å². The molecule has 0 unspecified atom stereocenters. The standard InChI is InChI=1S/C20H25FN4O2/c21-16-8-6-15(7-9-16)20(10-3-11-20)18(26)22-12-4-14-25-19(27)24-13-2-1-5-17(24)23-25/h6-9H,1-5,10-14H2,(H,22,26). The molecule has 2 aliphatic rings. The van der Waals surface area contributed by atoms with Gasteiger partial charge in [0.1, 0.15) is 11.6 Å². The van der Waals surface area contributed by atoms with E-state index in [-0.39, 0.29) is 17.4 Å². The van der Waals surface area contributed by atoms with Gasteiger partial charge in [-0.1, -0.05) is 18.6 Å². The predicted octanol–water partition coefficient (Wildman–Crippen LogP) is 2.15. The van der Waals surface area contributed by atoms with Gasteiger partial charge in [0, 0.05) is 26.1 Å². The van der Waals surface area contributed by atoms with E-state index in [1.165, 1.54) is 16.8 Å². The highest BCUT2D eigenvalue weighted by Crippen LogP contribution is 2.43. The molecule has 7 heteroatoms. The molecular weight excluding hydrogens is 347 g/mol. The third-order valence-corrected chi connectivity index (χ3v) is 5.90. The Balaban J connectivity index is 1.34. The number of aromatic nitrogens is 3. The van der Waals surface area contributed by atoms with Crippen LogP contribution in [-0.4, -0.2) is 26.8 Å². The molecule has 4 rings (SSSR count). The van der Waals surface area contributed by atoms with Crippen LogP contribution in [0.5, 0.6) is 0 Å². The lowest BCUT2D eigenvalue weighted by molar-refractivity contribution is -0.129. The smallest absolute Gasteiger partial charge is 0.345 e. The van der Waals surface area contributed by atoms with Crippen molar-refractivity contribution in [1.29, 1.82) is 0 Å². The van der Waals surface area contributed by atoms with Gasteiger partial charge in [0.25, 0.3) is 0 Å². The van der Waals surface area contributed by atoms with Crippen molar-refractivity contribution in [2.45, 2.75) is 63.5 Å². The lowest BCUT2D eigenvalue weighted by Crippen LogP contribution is -2.49. The van der Waals surface area contributed by atoms with Crippen molar-refractivity contribution in [3.05, 3.63) is 52.0 Å². The third-order valence-electron chi connectivity index (χ3n) is 5.90. The number of aryl methyl sites for hydroxylation is 2. The SMILES string of the molecule is O=C(NCCCn1nc2n(c1=O)CCCC2)C1(c2ccc(F)cc2)CCC1. The van der Waals surface area contributed by atoms with Crippen LogP contribution in [0.1, 0.15) is 49.9 Å². The van der Waals surface area contributed by atoms with E-state index in [0.29, 0.717) is 19.5 Å². The molecular formula is C20H25FN4O2. The number of carbonyl (C=O) groups excluding carboxylic acids is 1. The second kappa shape index (κ2) is 7.29. The first-order chi connectivity index (χ1) is 13.1. The molecule has 0 saturated heterocycles. The van der Waals surface area contributed by atoms with Gasteiger partial charge in [-0.2, -0.15) is 5.10 Å². The van der Waals surface area contributed by atoms with Crippen LogP contribution >= 0.6 is 0 Å².